The summed E-state index contributed by atoms with van der Waals surface area (Å²) in [6.07, 6.45) is 0.785. The lowest BCUT2D eigenvalue weighted by Gasteiger charge is -2.16. The smallest absolute Gasteiger partial charge is 0.191 e. The quantitative estimate of drug-likeness (QED) is 0.270. The Morgan fingerprint density at radius 3 is 2.53 bits per heavy atom. The minimum Gasteiger partial charge on any atom is -0.497 e. The van der Waals surface area contributed by atoms with E-state index in [9.17, 15) is 0 Å². The summed E-state index contributed by atoms with van der Waals surface area (Å²) < 4.78 is 11.1. The second kappa shape index (κ2) is 14.3. The average Bonchev–Trinajstić information content (AvgIpc) is 2.72. The van der Waals surface area contributed by atoms with Crippen LogP contribution in [-0.4, -0.2) is 58.8 Å². The van der Waals surface area contributed by atoms with Crippen LogP contribution in [-0.2, 0) is 13.0 Å². The summed E-state index contributed by atoms with van der Waals surface area (Å²) in [7, 11) is 7.46. The first kappa shape index (κ1) is 26.3. The number of hydrogen-bond acceptors (Lipinski definition) is 4. The molecule has 0 aromatic heterocycles. The number of hydrogen-bond donors (Lipinski definition) is 2. The molecule has 2 aromatic rings. The van der Waals surface area contributed by atoms with Crippen LogP contribution < -0.4 is 20.1 Å². The van der Waals surface area contributed by atoms with Crippen molar-refractivity contribution in [1.82, 2.24) is 15.5 Å². The van der Waals surface area contributed by atoms with Crippen molar-refractivity contribution in [2.75, 3.05) is 47.9 Å². The standard InChI is InChI=1S/C22H31ClN4O2.HI/c1-24-22(25-12-11-17-9-10-19(28-4)15-20(17)23)26-16-18-7-5-6-8-21(18)29-14-13-27(2)3;/h5-10,15H,11-14,16H2,1-4H3,(H2,24,25,26);1H. The lowest BCUT2D eigenvalue weighted by molar-refractivity contribution is 0.259. The Morgan fingerprint density at radius 2 is 1.87 bits per heavy atom. The van der Waals surface area contributed by atoms with Gasteiger partial charge in [0.25, 0.3) is 0 Å². The summed E-state index contributed by atoms with van der Waals surface area (Å²) in [5.41, 5.74) is 2.16. The molecule has 0 bridgehead atoms. The second-order valence-electron chi connectivity index (χ2n) is 6.82. The predicted octanol–water partition coefficient (Wildman–Crippen LogP) is 3.81. The van der Waals surface area contributed by atoms with Gasteiger partial charge in [-0.2, -0.15) is 0 Å². The molecule has 6 nitrogen and oxygen atoms in total. The van der Waals surface area contributed by atoms with Gasteiger partial charge in [-0.25, -0.2) is 0 Å². The molecule has 0 saturated heterocycles. The molecule has 0 aliphatic carbocycles. The predicted molar refractivity (Wildman–Crippen MR) is 136 cm³/mol. The van der Waals surface area contributed by atoms with E-state index < -0.39 is 0 Å². The highest BCUT2D eigenvalue weighted by Crippen LogP contribution is 2.22. The first-order valence-corrected chi connectivity index (χ1v) is 10.0. The van der Waals surface area contributed by atoms with E-state index in [1.54, 1.807) is 14.2 Å². The minimum atomic E-state index is 0. The number of methoxy groups -OCH3 is 1. The van der Waals surface area contributed by atoms with Gasteiger partial charge in [0.15, 0.2) is 5.96 Å². The van der Waals surface area contributed by atoms with E-state index in [1.807, 2.05) is 50.5 Å². The van der Waals surface area contributed by atoms with Crippen LogP contribution in [0.5, 0.6) is 11.5 Å². The third kappa shape index (κ3) is 8.97. The van der Waals surface area contributed by atoms with Gasteiger partial charge in [0.1, 0.15) is 18.1 Å². The van der Waals surface area contributed by atoms with Crippen LogP contribution in [0.3, 0.4) is 0 Å². The molecule has 0 fully saturated rings. The van der Waals surface area contributed by atoms with Crippen LogP contribution >= 0.6 is 35.6 Å². The molecule has 0 saturated carbocycles. The fourth-order valence-electron chi connectivity index (χ4n) is 2.70. The van der Waals surface area contributed by atoms with Gasteiger partial charge in [0, 0.05) is 37.3 Å². The second-order valence-corrected chi connectivity index (χ2v) is 7.23. The van der Waals surface area contributed by atoms with Crippen LogP contribution in [0.2, 0.25) is 5.02 Å². The third-order valence-corrected chi connectivity index (χ3v) is 4.74. The van der Waals surface area contributed by atoms with Gasteiger partial charge < -0.3 is 25.0 Å². The number of nitrogens with zero attached hydrogens (tertiary/aromatic N) is 2. The maximum absolute atomic E-state index is 6.31. The molecule has 0 heterocycles. The average molecular weight is 547 g/mol. The van der Waals surface area contributed by atoms with E-state index in [0.717, 1.165) is 41.6 Å². The molecule has 30 heavy (non-hydrogen) atoms. The summed E-state index contributed by atoms with van der Waals surface area (Å²) in [4.78, 5) is 6.39. The summed E-state index contributed by atoms with van der Waals surface area (Å²) in [5, 5.41) is 7.37. The zero-order valence-electron chi connectivity index (χ0n) is 18.1. The summed E-state index contributed by atoms with van der Waals surface area (Å²) >= 11 is 6.31. The molecule has 0 amide bonds. The molecule has 0 spiro atoms. The van der Waals surface area contributed by atoms with Gasteiger partial charge in [0.05, 0.1) is 7.11 Å². The Labute approximate surface area is 202 Å². The SMILES string of the molecule is CN=C(NCCc1ccc(OC)cc1Cl)NCc1ccccc1OCCN(C)C.I. The number of guanidine groups is 1. The van der Waals surface area contributed by atoms with Crippen molar-refractivity contribution in [1.29, 1.82) is 0 Å². The maximum Gasteiger partial charge on any atom is 0.191 e. The Balaban J connectivity index is 0.00000450. The largest absolute Gasteiger partial charge is 0.497 e. The van der Waals surface area contributed by atoms with E-state index in [-0.39, 0.29) is 24.0 Å². The fourth-order valence-corrected chi connectivity index (χ4v) is 2.97. The van der Waals surface area contributed by atoms with Crippen LogP contribution in [0, 0.1) is 0 Å². The molecular formula is C22H32ClIN4O2. The van der Waals surface area contributed by atoms with Crippen LogP contribution in [0.4, 0.5) is 0 Å². The van der Waals surface area contributed by atoms with Crippen LogP contribution in [0.1, 0.15) is 11.1 Å². The number of halogens is 2. The lowest BCUT2D eigenvalue weighted by Crippen LogP contribution is -2.38. The number of ether oxygens (including phenoxy) is 2. The molecule has 0 aliphatic rings. The highest BCUT2D eigenvalue weighted by Gasteiger charge is 2.06. The number of nitrogens with one attached hydrogen (secondary N) is 2. The van der Waals surface area contributed by atoms with Gasteiger partial charge in [-0.3, -0.25) is 4.99 Å². The number of aliphatic imine (C=N–C) groups is 1. The zero-order chi connectivity index (χ0) is 21.1. The molecule has 166 valence electrons. The first-order valence-electron chi connectivity index (χ1n) is 9.66. The Hall–Kier alpha value is -1.71. The fraction of sp³-hybridized carbons (Fsp3) is 0.409. The highest BCUT2D eigenvalue weighted by molar-refractivity contribution is 14.0. The van der Waals surface area contributed by atoms with E-state index in [2.05, 4.69) is 26.6 Å². The molecule has 2 aromatic carbocycles. The van der Waals surface area contributed by atoms with Gasteiger partial charge in [-0.1, -0.05) is 35.9 Å². The van der Waals surface area contributed by atoms with Crippen molar-refractivity contribution >= 4 is 41.5 Å². The summed E-state index contributed by atoms with van der Waals surface area (Å²) in [5.74, 6) is 2.38. The van der Waals surface area contributed by atoms with Crippen LogP contribution in [0.25, 0.3) is 0 Å². The molecule has 2 N–H and O–H groups in total. The van der Waals surface area contributed by atoms with Crippen molar-refractivity contribution in [3.05, 3.63) is 58.6 Å². The van der Waals surface area contributed by atoms with Gasteiger partial charge in [0.2, 0.25) is 0 Å². The number of benzene rings is 2. The molecule has 0 unspecified atom stereocenters. The molecule has 8 heteroatoms. The first-order chi connectivity index (χ1) is 14.0. The summed E-state index contributed by atoms with van der Waals surface area (Å²) in [6, 6.07) is 13.8. The molecule has 2 rings (SSSR count). The lowest BCUT2D eigenvalue weighted by atomic mass is 10.1. The number of likely N-dealkylation sites (N-methyl/N-ethyl adjacent to an activating group) is 1. The van der Waals surface area contributed by atoms with Gasteiger partial charge in [-0.05, 0) is 44.3 Å². The Kier molecular flexibility index (Phi) is 12.6. The van der Waals surface area contributed by atoms with E-state index in [1.165, 1.54) is 0 Å². The summed E-state index contributed by atoms with van der Waals surface area (Å²) in [6.45, 7) is 2.87. The third-order valence-electron chi connectivity index (χ3n) is 4.39. The Morgan fingerprint density at radius 1 is 1.10 bits per heavy atom. The van der Waals surface area contributed by atoms with E-state index >= 15 is 0 Å². The van der Waals surface area contributed by atoms with Gasteiger partial charge >= 0.3 is 0 Å². The monoisotopic (exact) mass is 546 g/mol. The van der Waals surface area contributed by atoms with Crippen molar-refractivity contribution in [2.45, 2.75) is 13.0 Å². The van der Waals surface area contributed by atoms with Crippen LogP contribution in [0.15, 0.2) is 47.5 Å². The van der Waals surface area contributed by atoms with Gasteiger partial charge in [-0.15, -0.1) is 24.0 Å². The number of rotatable bonds is 10. The molecule has 0 aliphatic heterocycles. The molecule has 0 atom stereocenters. The topological polar surface area (TPSA) is 58.1 Å². The van der Waals surface area contributed by atoms with Crippen molar-refractivity contribution in [3.63, 3.8) is 0 Å². The van der Waals surface area contributed by atoms with Crippen molar-refractivity contribution < 1.29 is 9.47 Å². The van der Waals surface area contributed by atoms with Crippen molar-refractivity contribution in [3.8, 4) is 11.5 Å². The number of para-hydroxylation sites is 1. The minimum absolute atomic E-state index is 0. The normalized spacial score (nSPS) is 11.1. The van der Waals surface area contributed by atoms with E-state index in [4.69, 9.17) is 21.1 Å². The van der Waals surface area contributed by atoms with E-state index in [0.29, 0.717) is 24.7 Å². The Bertz CT molecular complexity index is 802. The van der Waals surface area contributed by atoms with Crippen molar-refractivity contribution in [2.24, 2.45) is 4.99 Å². The maximum atomic E-state index is 6.31. The molecule has 0 radical (unpaired) electrons. The molecular weight excluding hydrogens is 515 g/mol. The highest BCUT2D eigenvalue weighted by atomic mass is 127. The zero-order valence-corrected chi connectivity index (χ0v) is 21.2.